The molecule has 12 nitrogen and oxygen atoms in total. The highest BCUT2D eigenvalue weighted by Crippen LogP contribution is 2.39. The van der Waals surface area contributed by atoms with Crippen molar-refractivity contribution in [1.82, 2.24) is 0 Å². The van der Waals surface area contributed by atoms with Gasteiger partial charge in [0.2, 0.25) is 0 Å². The van der Waals surface area contributed by atoms with Crippen LogP contribution in [0.15, 0.2) is 30.3 Å². The molecule has 1 aliphatic heterocycles. The van der Waals surface area contributed by atoms with Crippen molar-refractivity contribution >= 4 is 40.5 Å². The molecule has 1 N–H and O–H groups in total. The number of non-ortho nitro benzene ring substituents is 1. The number of benzene rings is 2. The van der Waals surface area contributed by atoms with Crippen LogP contribution < -0.4 is 14.8 Å². The Morgan fingerprint density at radius 1 is 1.06 bits per heavy atom. The Hall–Kier alpha value is -3.93. The quantitative estimate of drug-likeness (QED) is 0.395. The van der Waals surface area contributed by atoms with E-state index in [1.807, 2.05) is 0 Å². The summed E-state index contributed by atoms with van der Waals surface area (Å²) >= 11 is 5.84. The number of carbonyl (C=O) groups is 2. The number of halogens is 1. The molecule has 13 heteroatoms. The topological polar surface area (TPSA) is 160 Å². The molecule has 0 spiro atoms. The minimum atomic E-state index is -0.997. The zero-order valence-corrected chi connectivity index (χ0v) is 16.4. The highest BCUT2D eigenvalue weighted by Gasteiger charge is 2.24. The summed E-state index contributed by atoms with van der Waals surface area (Å²) < 4.78 is 15.7. The second-order valence-electron chi connectivity index (χ2n) is 6.17. The normalized spacial score (nSPS) is 12.4. The number of carbonyl (C=O) groups excluding carboxylic acids is 2. The standard InChI is InChI=1S/C18H14ClN3O9/c19-12-6-10(21(25)26)2-3-11(12)18(24)31-9-17(23)20-13-7-15-16(8-14(13)22(27)28)30-5-1-4-29-15/h2-3,6-8H,1,4-5,9H2,(H,20,23). The number of fused-ring (bicyclic) bond motifs is 1. The first kappa shape index (κ1) is 21.8. The van der Waals surface area contributed by atoms with E-state index in [9.17, 15) is 29.8 Å². The average Bonchev–Trinajstić information content (AvgIpc) is 2.96. The summed E-state index contributed by atoms with van der Waals surface area (Å²) in [6, 6.07) is 5.52. The molecule has 0 unspecified atom stereocenters. The minimum absolute atomic E-state index is 0.163. The van der Waals surface area contributed by atoms with Crippen molar-refractivity contribution in [3.05, 3.63) is 61.1 Å². The second-order valence-corrected chi connectivity index (χ2v) is 6.58. The molecule has 0 bridgehead atoms. The highest BCUT2D eigenvalue weighted by atomic mass is 35.5. The summed E-state index contributed by atoms with van der Waals surface area (Å²) in [7, 11) is 0. The first-order chi connectivity index (χ1) is 14.8. The smallest absolute Gasteiger partial charge is 0.340 e. The van der Waals surface area contributed by atoms with Gasteiger partial charge in [-0.2, -0.15) is 0 Å². The molecule has 0 aromatic heterocycles. The molecule has 0 fully saturated rings. The van der Waals surface area contributed by atoms with Crippen LogP contribution in [0.25, 0.3) is 0 Å². The summed E-state index contributed by atoms with van der Waals surface area (Å²) in [6.07, 6.45) is 0.589. The number of hydrogen-bond donors (Lipinski definition) is 1. The van der Waals surface area contributed by atoms with Gasteiger partial charge in [0.25, 0.3) is 17.3 Å². The van der Waals surface area contributed by atoms with Gasteiger partial charge in [-0.15, -0.1) is 0 Å². The molecule has 162 valence electrons. The lowest BCUT2D eigenvalue weighted by Gasteiger charge is -2.11. The number of nitro benzene ring substituents is 2. The summed E-state index contributed by atoms with van der Waals surface area (Å²) in [5.74, 6) is -1.44. The van der Waals surface area contributed by atoms with E-state index in [4.69, 9.17) is 25.8 Å². The van der Waals surface area contributed by atoms with Crippen LogP contribution in [0.2, 0.25) is 5.02 Å². The highest BCUT2D eigenvalue weighted by molar-refractivity contribution is 6.33. The van der Waals surface area contributed by atoms with Crippen LogP contribution in [0.4, 0.5) is 17.1 Å². The molecular weight excluding hydrogens is 438 g/mol. The van der Waals surface area contributed by atoms with Crippen LogP contribution in [-0.2, 0) is 9.53 Å². The molecule has 3 rings (SSSR count). The van der Waals surface area contributed by atoms with Gasteiger partial charge >= 0.3 is 5.97 Å². The van der Waals surface area contributed by atoms with Gasteiger partial charge in [0.1, 0.15) is 5.69 Å². The molecule has 0 radical (unpaired) electrons. The Labute approximate surface area is 178 Å². The molecule has 31 heavy (non-hydrogen) atoms. The second kappa shape index (κ2) is 9.26. The summed E-state index contributed by atoms with van der Waals surface area (Å²) in [5, 5.41) is 24.1. The van der Waals surface area contributed by atoms with Gasteiger partial charge in [-0.05, 0) is 6.07 Å². The van der Waals surface area contributed by atoms with Crippen molar-refractivity contribution in [3.8, 4) is 11.5 Å². The molecule has 1 amide bonds. The molecule has 2 aromatic carbocycles. The Bertz CT molecular complexity index is 1070. The van der Waals surface area contributed by atoms with Gasteiger partial charge in [0.15, 0.2) is 18.1 Å². The van der Waals surface area contributed by atoms with Gasteiger partial charge in [0.05, 0.1) is 39.7 Å². The van der Waals surface area contributed by atoms with Crippen molar-refractivity contribution in [2.75, 3.05) is 25.1 Å². The molecule has 0 saturated heterocycles. The van der Waals surface area contributed by atoms with Crippen molar-refractivity contribution < 1.29 is 33.6 Å². The van der Waals surface area contributed by atoms with Crippen molar-refractivity contribution in [1.29, 1.82) is 0 Å². The predicted molar refractivity (Wildman–Crippen MR) is 106 cm³/mol. The Balaban J connectivity index is 1.69. The summed E-state index contributed by atoms with van der Waals surface area (Å²) in [5.41, 5.74) is -1.09. The third-order valence-electron chi connectivity index (χ3n) is 4.05. The van der Waals surface area contributed by atoms with E-state index < -0.39 is 34.0 Å². The lowest BCUT2D eigenvalue weighted by molar-refractivity contribution is -0.384. The van der Waals surface area contributed by atoms with Gasteiger partial charge in [-0.1, -0.05) is 11.6 Å². The van der Waals surface area contributed by atoms with Crippen LogP contribution in [-0.4, -0.2) is 41.5 Å². The zero-order chi connectivity index (χ0) is 22.5. The lowest BCUT2D eigenvalue weighted by atomic mass is 10.2. The fourth-order valence-electron chi connectivity index (χ4n) is 2.63. The van der Waals surface area contributed by atoms with Gasteiger partial charge in [0, 0.05) is 24.6 Å². The zero-order valence-electron chi connectivity index (χ0n) is 15.7. The average molecular weight is 452 g/mol. The van der Waals surface area contributed by atoms with Gasteiger partial charge in [-0.25, -0.2) is 4.79 Å². The molecule has 0 aliphatic carbocycles. The Kier molecular flexibility index (Phi) is 6.50. The largest absolute Gasteiger partial charge is 0.489 e. The molecule has 1 aliphatic rings. The van der Waals surface area contributed by atoms with E-state index in [0.717, 1.165) is 24.3 Å². The van der Waals surface area contributed by atoms with Crippen LogP contribution in [0, 0.1) is 20.2 Å². The SMILES string of the molecule is O=C(COC(=O)c1ccc([N+](=O)[O-])cc1Cl)Nc1cc2c(cc1[N+](=O)[O-])OCCCO2. The number of hydrogen-bond acceptors (Lipinski definition) is 9. The van der Waals surface area contributed by atoms with Crippen LogP contribution in [0.1, 0.15) is 16.8 Å². The number of ether oxygens (including phenoxy) is 3. The van der Waals surface area contributed by atoms with Crippen molar-refractivity contribution in [2.24, 2.45) is 0 Å². The molecule has 0 saturated carbocycles. The fraction of sp³-hybridized carbons (Fsp3) is 0.222. The third kappa shape index (κ3) is 5.17. The molecule has 1 heterocycles. The summed E-state index contributed by atoms with van der Waals surface area (Å²) in [4.78, 5) is 45.0. The van der Waals surface area contributed by atoms with Crippen molar-refractivity contribution in [3.63, 3.8) is 0 Å². The third-order valence-corrected chi connectivity index (χ3v) is 4.37. The Morgan fingerprint density at radius 2 is 1.74 bits per heavy atom. The van der Waals surface area contributed by atoms with E-state index in [-0.39, 0.29) is 33.5 Å². The number of esters is 1. The maximum absolute atomic E-state index is 12.2. The van der Waals surface area contributed by atoms with Gasteiger partial charge < -0.3 is 19.5 Å². The molecule has 0 atom stereocenters. The van der Waals surface area contributed by atoms with E-state index in [2.05, 4.69) is 5.32 Å². The predicted octanol–water partition coefficient (Wildman–Crippen LogP) is 3.11. The van der Waals surface area contributed by atoms with Crippen LogP contribution in [0.3, 0.4) is 0 Å². The van der Waals surface area contributed by atoms with E-state index in [0.29, 0.717) is 19.6 Å². The minimum Gasteiger partial charge on any atom is -0.489 e. The number of nitrogens with zero attached hydrogens (tertiary/aromatic N) is 2. The summed E-state index contributed by atoms with van der Waals surface area (Å²) in [6.45, 7) is -0.111. The number of amides is 1. The van der Waals surface area contributed by atoms with E-state index >= 15 is 0 Å². The Morgan fingerprint density at radius 3 is 2.35 bits per heavy atom. The van der Waals surface area contributed by atoms with Gasteiger partial charge in [-0.3, -0.25) is 25.0 Å². The number of nitro groups is 2. The van der Waals surface area contributed by atoms with Crippen LogP contribution >= 0.6 is 11.6 Å². The van der Waals surface area contributed by atoms with E-state index in [1.165, 1.54) is 6.07 Å². The fourth-order valence-corrected chi connectivity index (χ4v) is 2.88. The van der Waals surface area contributed by atoms with E-state index in [1.54, 1.807) is 0 Å². The number of anilines is 1. The molecular formula is C18H14ClN3O9. The molecule has 2 aromatic rings. The first-order valence-corrected chi connectivity index (χ1v) is 9.13. The first-order valence-electron chi connectivity index (χ1n) is 8.75. The number of rotatable bonds is 6. The maximum atomic E-state index is 12.2. The lowest BCUT2D eigenvalue weighted by Crippen LogP contribution is -2.21. The monoisotopic (exact) mass is 451 g/mol. The van der Waals surface area contributed by atoms with Crippen molar-refractivity contribution in [2.45, 2.75) is 6.42 Å². The maximum Gasteiger partial charge on any atom is 0.340 e. The number of nitrogens with one attached hydrogen (secondary N) is 1. The van der Waals surface area contributed by atoms with Crippen LogP contribution in [0.5, 0.6) is 11.5 Å².